The number of hydrogen-bond acceptors (Lipinski definition) is 8. The second kappa shape index (κ2) is 4.49. The van der Waals surface area contributed by atoms with Crippen LogP contribution in [0, 0.1) is 5.41 Å². The maximum absolute atomic E-state index is 9.77. The van der Waals surface area contributed by atoms with E-state index in [1.807, 2.05) is 0 Å². The van der Waals surface area contributed by atoms with Crippen molar-refractivity contribution in [2.75, 3.05) is 12.3 Å². The van der Waals surface area contributed by atoms with Crippen molar-refractivity contribution in [3.05, 3.63) is 5.82 Å². The maximum atomic E-state index is 9.77. The number of ether oxygens (including phenoxy) is 1. The second-order valence-electron chi connectivity index (χ2n) is 3.88. The van der Waals surface area contributed by atoms with Crippen LogP contribution in [0.4, 0.5) is 5.95 Å². The Morgan fingerprint density at radius 1 is 1.44 bits per heavy atom. The molecule has 0 aromatic carbocycles. The van der Waals surface area contributed by atoms with E-state index in [9.17, 15) is 10.2 Å². The molecule has 10 heteroatoms. The summed E-state index contributed by atoms with van der Waals surface area (Å²) >= 11 is 0. The molecule has 2 rings (SSSR count). The fraction of sp³-hybridized carbons (Fsp3) is 0.625. The molecular formula is C8H14N6O4. The molecule has 2 heterocycles. The van der Waals surface area contributed by atoms with Crippen molar-refractivity contribution in [3.8, 4) is 0 Å². The summed E-state index contributed by atoms with van der Waals surface area (Å²) in [5.41, 5.74) is 10.8. The Morgan fingerprint density at radius 3 is 2.56 bits per heavy atom. The van der Waals surface area contributed by atoms with Crippen LogP contribution in [0.5, 0.6) is 0 Å². The zero-order valence-electron chi connectivity index (χ0n) is 9.26. The molecule has 8 N–H and O–H groups in total. The lowest BCUT2D eigenvalue weighted by Crippen LogP contribution is -2.33. The first-order valence-electron chi connectivity index (χ1n) is 5.14. The molecule has 100 valence electrons. The Kier molecular flexibility index (Phi) is 3.17. The molecule has 4 atom stereocenters. The highest BCUT2D eigenvalue weighted by Gasteiger charge is 2.44. The first-order valence-corrected chi connectivity index (χ1v) is 5.14. The molecule has 1 aromatic heterocycles. The third-order valence-electron chi connectivity index (χ3n) is 2.66. The number of aromatic nitrogens is 3. The minimum Gasteiger partial charge on any atom is -0.394 e. The van der Waals surface area contributed by atoms with Gasteiger partial charge in [0.1, 0.15) is 18.3 Å². The average Bonchev–Trinajstić information content (AvgIpc) is 2.83. The minimum absolute atomic E-state index is 0.106. The highest BCUT2D eigenvalue weighted by Crippen LogP contribution is 2.29. The highest BCUT2D eigenvalue weighted by atomic mass is 16.6. The zero-order chi connectivity index (χ0) is 13.4. The average molecular weight is 258 g/mol. The summed E-state index contributed by atoms with van der Waals surface area (Å²) in [5.74, 6) is -0.604. The van der Waals surface area contributed by atoms with Crippen LogP contribution in [-0.4, -0.2) is 60.8 Å². The van der Waals surface area contributed by atoms with E-state index in [0.29, 0.717) is 0 Å². The van der Waals surface area contributed by atoms with E-state index in [4.69, 9.17) is 26.7 Å². The Bertz CT molecular complexity index is 462. The predicted octanol–water partition coefficient (Wildman–Crippen LogP) is -3.24. The van der Waals surface area contributed by atoms with Gasteiger partial charge in [0.25, 0.3) is 0 Å². The SMILES string of the molecule is N=C(N)c1nc(N)n(C2O[C@H](CO)[C@@H](O)[C@H]2O)n1. The van der Waals surface area contributed by atoms with Crippen molar-refractivity contribution in [2.24, 2.45) is 5.73 Å². The lowest BCUT2D eigenvalue weighted by molar-refractivity contribution is -0.0575. The molecule has 1 unspecified atom stereocenters. The molecule has 18 heavy (non-hydrogen) atoms. The van der Waals surface area contributed by atoms with Crippen LogP contribution in [0.2, 0.25) is 0 Å². The number of aliphatic hydroxyl groups excluding tert-OH is 3. The first kappa shape index (κ1) is 12.7. The van der Waals surface area contributed by atoms with Gasteiger partial charge in [-0.15, -0.1) is 5.10 Å². The van der Waals surface area contributed by atoms with Crippen molar-refractivity contribution in [3.63, 3.8) is 0 Å². The lowest BCUT2D eigenvalue weighted by atomic mass is 10.1. The Labute approximate surface area is 101 Å². The monoisotopic (exact) mass is 258 g/mol. The van der Waals surface area contributed by atoms with Gasteiger partial charge in [-0.2, -0.15) is 9.67 Å². The summed E-state index contributed by atoms with van der Waals surface area (Å²) in [4.78, 5) is 3.71. The number of nitrogens with two attached hydrogens (primary N) is 2. The van der Waals surface area contributed by atoms with Gasteiger partial charge in [0.15, 0.2) is 12.1 Å². The summed E-state index contributed by atoms with van der Waals surface area (Å²) in [5, 5.41) is 39.3. The van der Waals surface area contributed by atoms with E-state index in [0.717, 1.165) is 4.68 Å². The summed E-state index contributed by atoms with van der Waals surface area (Å²) < 4.78 is 6.23. The van der Waals surface area contributed by atoms with E-state index < -0.39 is 31.1 Å². The predicted molar refractivity (Wildman–Crippen MR) is 58.5 cm³/mol. The van der Waals surface area contributed by atoms with Crippen LogP contribution in [-0.2, 0) is 4.74 Å². The van der Waals surface area contributed by atoms with Gasteiger partial charge in [0.2, 0.25) is 11.8 Å². The fourth-order valence-corrected chi connectivity index (χ4v) is 1.72. The molecule has 1 aliphatic rings. The Balaban J connectivity index is 2.29. The number of aliphatic hydroxyl groups is 3. The number of amidine groups is 1. The smallest absolute Gasteiger partial charge is 0.221 e. The molecule has 10 nitrogen and oxygen atoms in total. The fourth-order valence-electron chi connectivity index (χ4n) is 1.72. The van der Waals surface area contributed by atoms with Gasteiger partial charge in [-0.25, -0.2) is 0 Å². The molecule has 0 aliphatic carbocycles. The minimum atomic E-state index is -1.31. The molecule has 0 spiro atoms. The van der Waals surface area contributed by atoms with Gasteiger partial charge in [-0.05, 0) is 0 Å². The molecule has 1 aliphatic heterocycles. The Morgan fingerprint density at radius 2 is 2.11 bits per heavy atom. The zero-order valence-corrected chi connectivity index (χ0v) is 9.26. The van der Waals surface area contributed by atoms with Gasteiger partial charge in [-0.1, -0.05) is 0 Å². The van der Waals surface area contributed by atoms with Crippen LogP contribution in [0.3, 0.4) is 0 Å². The van der Waals surface area contributed by atoms with Gasteiger partial charge in [0, 0.05) is 0 Å². The van der Waals surface area contributed by atoms with Crippen LogP contribution in [0.1, 0.15) is 12.1 Å². The van der Waals surface area contributed by atoms with Gasteiger partial charge >= 0.3 is 0 Å². The summed E-state index contributed by atoms with van der Waals surface area (Å²) in [6.07, 6.45) is -4.59. The largest absolute Gasteiger partial charge is 0.394 e. The summed E-state index contributed by atoms with van der Waals surface area (Å²) in [6.45, 7) is -0.455. The molecule has 1 fully saturated rings. The number of anilines is 1. The third kappa shape index (κ3) is 1.90. The highest BCUT2D eigenvalue weighted by molar-refractivity contribution is 5.91. The Hall–Kier alpha value is -1.75. The first-order chi connectivity index (χ1) is 8.45. The van der Waals surface area contributed by atoms with Crippen molar-refractivity contribution in [1.29, 1.82) is 5.41 Å². The molecule has 0 radical (unpaired) electrons. The van der Waals surface area contributed by atoms with Gasteiger partial charge in [-0.3, -0.25) is 5.41 Å². The number of nitrogens with zero attached hydrogens (tertiary/aromatic N) is 3. The number of rotatable bonds is 3. The quantitative estimate of drug-likeness (QED) is 0.242. The van der Waals surface area contributed by atoms with E-state index in [1.54, 1.807) is 0 Å². The van der Waals surface area contributed by atoms with Crippen LogP contribution in [0.25, 0.3) is 0 Å². The van der Waals surface area contributed by atoms with Gasteiger partial charge in [0.05, 0.1) is 6.61 Å². The number of nitrogen functional groups attached to an aromatic ring is 2. The molecular weight excluding hydrogens is 244 g/mol. The second-order valence-corrected chi connectivity index (χ2v) is 3.88. The molecule has 0 amide bonds. The van der Waals surface area contributed by atoms with Crippen LogP contribution < -0.4 is 11.5 Å². The van der Waals surface area contributed by atoms with Gasteiger partial charge < -0.3 is 31.5 Å². The lowest BCUT2D eigenvalue weighted by Gasteiger charge is -2.15. The molecule has 1 aromatic rings. The number of hydrogen-bond donors (Lipinski definition) is 6. The molecule has 0 saturated carbocycles. The summed E-state index contributed by atoms with van der Waals surface area (Å²) in [6, 6.07) is 0. The number of nitrogens with one attached hydrogen (secondary N) is 1. The molecule has 1 saturated heterocycles. The third-order valence-corrected chi connectivity index (χ3v) is 2.66. The maximum Gasteiger partial charge on any atom is 0.221 e. The van der Waals surface area contributed by atoms with Crippen molar-refractivity contribution < 1.29 is 20.1 Å². The standard InChI is InChI=1S/C8H14N6O4/c9-5(10)6-12-8(11)14(13-6)7-4(17)3(16)2(1-15)18-7/h2-4,7,15-17H,1H2,(H3,9,10)(H2,11,12,13)/t2-,3-,4-,7?/m1/s1. The van der Waals surface area contributed by atoms with Crippen molar-refractivity contribution in [1.82, 2.24) is 14.8 Å². The topological polar surface area (TPSA) is 177 Å². The molecule has 0 bridgehead atoms. The van der Waals surface area contributed by atoms with Crippen LogP contribution in [0.15, 0.2) is 0 Å². The normalized spacial score (nSPS) is 31.7. The van der Waals surface area contributed by atoms with Crippen molar-refractivity contribution in [2.45, 2.75) is 24.5 Å². The summed E-state index contributed by atoms with van der Waals surface area (Å²) in [7, 11) is 0. The van der Waals surface area contributed by atoms with E-state index >= 15 is 0 Å². The van der Waals surface area contributed by atoms with E-state index in [2.05, 4.69) is 10.1 Å². The van der Waals surface area contributed by atoms with E-state index in [1.165, 1.54) is 0 Å². The van der Waals surface area contributed by atoms with Crippen LogP contribution >= 0.6 is 0 Å². The van der Waals surface area contributed by atoms with E-state index in [-0.39, 0.29) is 17.6 Å². The van der Waals surface area contributed by atoms with Crippen molar-refractivity contribution >= 4 is 11.8 Å².